The number of carboxylic acid groups (broad SMARTS) is 1. The number of amides is 4. The predicted octanol–water partition coefficient (Wildman–Crippen LogP) is -1.80. The minimum absolute atomic E-state index is 0.131. The van der Waals surface area contributed by atoms with Gasteiger partial charge in [0.05, 0.1) is 12.6 Å². The quantitative estimate of drug-likeness (QED) is 0.148. The Kier molecular flexibility index (Phi) is 13.1. The van der Waals surface area contributed by atoms with Crippen molar-refractivity contribution in [3.63, 3.8) is 0 Å². The van der Waals surface area contributed by atoms with Crippen molar-refractivity contribution >= 4 is 29.6 Å². The molecule has 12 nitrogen and oxygen atoms in total. The van der Waals surface area contributed by atoms with Gasteiger partial charge in [-0.2, -0.15) is 0 Å². The monoisotopic (exact) mass is 459 g/mol. The minimum Gasteiger partial charge on any atom is -0.480 e. The van der Waals surface area contributed by atoms with Crippen LogP contribution in [0.3, 0.4) is 0 Å². The molecular weight excluding hydrogens is 422 g/mol. The van der Waals surface area contributed by atoms with Crippen LogP contribution in [0.5, 0.6) is 0 Å². The third kappa shape index (κ3) is 10.5. The molecule has 0 aliphatic heterocycles. The van der Waals surface area contributed by atoms with Crippen LogP contribution < -0.4 is 27.4 Å². The molecular formula is C20H37N5O7. The summed E-state index contributed by atoms with van der Waals surface area (Å²) in [6, 6.07) is -4.80. The van der Waals surface area contributed by atoms with Gasteiger partial charge in [0.25, 0.3) is 0 Å². The van der Waals surface area contributed by atoms with Crippen LogP contribution in [0.15, 0.2) is 0 Å². The Morgan fingerprint density at radius 3 is 1.88 bits per heavy atom. The first-order valence-electron chi connectivity index (χ1n) is 10.6. The van der Waals surface area contributed by atoms with E-state index in [1.165, 1.54) is 0 Å². The fourth-order valence-electron chi connectivity index (χ4n) is 2.85. The van der Waals surface area contributed by atoms with Gasteiger partial charge < -0.3 is 37.6 Å². The second-order valence-corrected chi connectivity index (χ2v) is 8.26. The Morgan fingerprint density at radius 1 is 0.906 bits per heavy atom. The smallest absolute Gasteiger partial charge is 0.326 e. The molecule has 0 aromatic carbocycles. The molecule has 5 unspecified atom stereocenters. The first-order chi connectivity index (χ1) is 14.8. The van der Waals surface area contributed by atoms with Crippen molar-refractivity contribution in [3.05, 3.63) is 0 Å². The highest BCUT2D eigenvalue weighted by Crippen LogP contribution is 2.09. The summed E-state index contributed by atoms with van der Waals surface area (Å²) < 4.78 is 0. The highest BCUT2D eigenvalue weighted by atomic mass is 16.4. The van der Waals surface area contributed by atoms with Crippen molar-refractivity contribution < 1.29 is 34.2 Å². The summed E-state index contributed by atoms with van der Waals surface area (Å²) in [5.74, 6) is -4.59. The lowest BCUT2D eigenvalue weighted by Gasteiger charge is -2.26. The third-order valence-electron chi connectivity index (χ3n) is 4.97. The van der Waals surface area contributed by atoms with Gasteiger partial charge in [0, 0.05) is 6.42 Å². The number of carboxylic acids is 1. The molecule has 184 valence electrons. The van der Waals surface area contributed by atoms with Crippen LogP contribution in [-0.4, -0.2) is 70.6 Å². The molecule has 0 rings (SSSR count). The normalized spacial score (nSPS) is 15.7. The zero-order valence-corrected chi connectivity index (χ0v) is 19.1. The summed E-state index contributed by atoms with van der Waals surface area (Å²) >= 11 is 0. The van der Waals surface area contributed by atoms with Crippen LogP contribution >= 0.6 is 0 Å². The van der Waals surface area contributed by atoms with Gasteiger partial charge in [-0.1, -0.05) is 34.1 Å². The van der Waals surface area contributed by atoms with Gasteiger partial charge in [0.15, 0.2) is 0 Å². The Hall–Kier alpha value is -2.73. The molecule has 4 amide bonds. The Labute approximate surface area is 187 Å². The number of nitrogens with one attached hydrogen (secondary N) is 3. The van der Waals surface area contributed by atoms with E-state index in [9.17, 15) is 34.2 Å². The standard InChI is InChI=1S/C20H37N5O7/c1-5-11(4)16(20(31)32)25-18(29)13(6-7-15(22)27)23-19(30)14(9-26)24-17(28)12(21)8-10(2)3/h10-14,16,26H,5-9,21H2,1-4H3,(H2,22,27)(H,23,30)(H,24,28)(H,25,29)(H,31,32). The zero-order valence-electron chi connectivity index (χ0n) is 19.1. The lowest BCUT2D eigenvalue weighted by molar-refractivity contribution is -0.144. The Bertz CT molecular complexity index is 671. The molecule has 0 aromatic heterocycles. The number of aliphatic hydroxyl groups excluding tert-OH is 1. The van der Waals surface area contributed by atoms with Crippen LogP contribution in [0.1, 0.15) is 53.4 Å². The number of rotatable bonds is 15. The van der Waals surface area contributed by atoms with E-state index >= 15 is 0 Å². The van der Waals surface area contributed by atoms with E-state index in [0.29, 0.717) is 12.8 Å². The summed E-state index contributed by atoms with van der Waals surface area (Å²) in [6.07, 6.45) is 0.389. The molecule has 32 heavy (non-hydrogen) atoms. The summed E-state index contributed by atoms with van der Waals surface area (Å²) in [5.41, 5.74) is 10.9. The largest absolute Gasteiger partial charge is 0.480 e. The first kappa shape index (κ1) is 29.3. The van der Waals surface area contributed by atoms with Crippen molar-refractivity contribution in [1.29, 1.82) is 0 Å². The Morgan fingerprint density at radius 2 is 1.44 bits per heavy atom. The number of carbonyl (C=O) groups is 5. The van der Waals surface area contributed by atoms with E-state index in [0.717, 1.165) is 0 Å². The number of hydrogen-bond acceptors (Lipinski definition) is 7. The van der Waals surface area contributed by atoms with Crippen LogP contribution in [-0.2, 0) is 24.0 Å². The first-order valence-corrected chi connectivity index (χ1v) is 10.6. The van der Waals surface area contributed by atoms with Gasteiger partial charge in [-0.15, -0.1) is 0 Å². The number of aliphatic hydroxyl groups is 1. The van der Waals surface area contributed by atoms with E-state index < -0.39 is 66.3 Å². The fraction of sp³-hybridized carbons (Fsp3) is 0.750. The van der Waals surface area contributed by atoms with Gasteiger partial charge in [-0.05, 0) is 24.7 Å². The molecule has 0 aliphatic carbocycles. The van der Waals surface area contributed by atoms with Crippen molar-refractivity contribution in [1.82, 2.24) is 16.0 Å². The summed E-state index contributed by atoms with van der Waals surface area (Å²) in [6.45, 7) is 6.39. The van der Waals surface area contributed by atoms with Crippen LogP contribution in [0.25, 0.3) is 0 Å². The van der Waals surface area contributed by atoms with E-state index in [2.05, 4.69) is 16.0 Å². The SMILES string of the molecule is CCC(C)C(NC(=O)C(CCC(N)=O)NC(=O)C(CO)NC(=O)C(N)CC(C)C)C(=O)O. The number of hydrogen-bond donors (Lipinski definition) is 7. The molecule has 0 aliphatic rings. The van der Waals surface area contributed by atoms with Gasteiger partial charge in [0.2, 0.25) is 23.6 Å². The predicted molar refractivity (Wildman–Crippen MR) is 116 cm³/mol. The molecule has 0 aromatic rings. The lowest BCUT2D eigenvalue weighted by Crippen LogP contribution is -2.58. The molecule has 5 atom stereocenters. The average molecular weight is 460 g/mol. The molecule has 9 N–H and O–H groups in total. The molecule has 0 fully saturated rings. The number of nitrogens with two attached hydrogens (primary N) is 2. The molecule has 0 saturated carbocycles. The van der Waals surface area contributed by atoms with Gasteiger partial charge >= 0.3 is 5.97 Å². The number of aliphatic carboxylic acids is 1. The average Bonchev–Trinajstić information content (AvgIpc) is 2.70. The maximum atomic E-state index is 12.7. The van der Waals surface area contributed by atoms with E-state index in [1.807, 2.05) is 13.8 Å². The zero-order chi connectivity index (χ0) is 25.0. The van der Waals surface area contributed by atoms with Gasteiger partial charge in [-0.3, -0.25) is 19.2 Å². The van der Waals surface area contributed by atoms with E-state index in [-0.39, 0.29) is 18.8 Å². The van der Waals surface area contributed by atoms with Crippen LogP contribution in [0.4, 0.5) is 0 Å². The van der Waals surface area contributed by atoms with Crippen molar-refractivity contribution in [2.24, 2.45) is 23.3 Å². The van der Waals surface area contributed by atoms with Crippen LogP contribution in [0.2, 0.25) is 0 Å². The molecule has 0 radical (unpaired) electrons. The summed E-state index contributed by atoms with van der Waals surface area (Å²) in [5, 5.41) is 25.9. The molecule has 0 heterocycles. The topological polar surface area (TPSA) is 214 Å². The lowest BCUT2D eigenvalue weighted by atomic mass is 9.98. The van der Waals surface area contributed by atoms with Crippen LogP contribution in [0, 0.1) is 11.8 Å². The third-order valence-corrected chi connectivity index (χ3v) is 4.97. The molecule has 0 spiro atoms. The van der Waals surface area contributed by atoms with Crippen molar-refractivity contribution in [2.75, 3.05) is 6.61 Å². The van der Waals surface area contributed by atoms with E-state index in [4.69, 9.17) is 11.5 Å². The Balaban J connectivity index is 5.37. The summed E-state index contributed by atoms with van der Waals surface area (Å²) in [4.78, 5) is 60.1. The maximum absolute atomic E-state index is 12.7. The second-order valence-electron chi connectivity index (χ2n) is 8.26. The van der Waals surface area contributed by atoms with Gasteiger partial charge in [0.1, 0.15) is 18.1 Å². The maximum Gasteiger partial charge on any atom is 0.326 e. The molecule has 0 bridgehead atoms. The number of primary amides is 1. The summed E-state index contributed by atoms with van der Waals surface area (Å²) in [7, 11) is 0. The highest BCUT2D eigenvalue weighted by molar-refractivity contribution is 5.94. The number of carbonyl (C=O) groups excluding carboxylic acids is 4. The molecule has 12 heteroatoms. The fourth-order valence-corrected chi connectivity index (χ4v) is 2.85. The van der Waals surface area contributed by atoms with Crippen molar-refractivity contribution in [3.8, 4) is 0 Å². The van der Waals surface area contributed by atoms with Crippen molar-refractivity contribution in [2.45, 2.75) is 77.5 Å². The highest BCUT2D eigenvalue weighted by Gasteiger charge is 2.31. The molecule has 0 saturated heterocycles. The minimum atomic E-state index is -1.39. The second kappa shape index (κ2) is 14.4. The van der Waals surface area contributed by atoms with E-state index in [1.54, 1.807) is 13.8 Å². The van der Waals surface area contributed by atoms with Gasteiger partial charge in [-0.25, -0.2) is 4.79 Å².